The fraction of sp³-hybridized carbons (Fsp3) is 0.500. The molecular formula is C14H16BrClN2. The first-order chi connectivity index (χ1) is 8.70. The van der Waals surface area contributed by atoms with Gasteiger partial charge in [0.1, 0.15) is 5.82 Å². The van der Waals surface area contributed by atoms with Crippen LogP contribution in [0.25, 0.3) is 11.0 Å². The Bertz CT molecular complexity index is 574. The van der Waals surface area contributed by atoms with Gasteiger partial charge in [0.05, 0.1) is 16.9 Å². The molecule has 2 aromatic rings. The maximum absolute atomic E-state index is 6.06. The van der Waals surface area contributed by atoms with Gasteiger partial charge in [-0.2, -0.15) is 0 Å². The summed E-state index contributed by atoms with van der Waals surface area (Å²) in [5.41, 5.74) is 2.24. The average molecular weight is 328 g/mol. The summed E-state index contributed by atoms with van der Waals surface area (Å²) in [4.78, 5) is 4.64. The third kappa shape index (κ3) is 1.97. The minimum Gasteiger partial charge on any atom is -0.324 e. The summed E-state index contributed by atoms with van der Waals surface area (Å²) < 4.78 is 3.43. The third-order valence-electron chi connectivity index (χ3n) is 4.08. The Morgan fingerprint density at radius 2 is 2.28 bits per heavy atom. The highest BCUT2D eigenvalue weighted by molar-refractivity contribution is 9.10. The Labute approximate surface area is 120 Å². The predicted octanol–water partition coefficient (Wildman–Crippen LogP) is 4.90. The molecule has 1 atom stereocenters. The van der Waals surface area contributed by atoms with Crippen LogP contribution in [-0.4, -0.2) is 9.55 Å². The third-order valence-corrected chi connectivity index (χ3v) is 4.82. The number of aromatic nitrogens is 2. The molecule has 1 unspecified atom stereocenters. The molecule has 3 rings (SSSR count). The van der Waals surface area contributed by atoms with Crippen molar-refractivity contribution in [3.05, 3.63) is 28.5 Å². The number of halogens is 2. The Hall–Kier alpha value is -0.540. The van der Waals surface area contributed by atoms with Crippen molar-refractivity contribution in [1.29, 1.82) is 0 Å². The van der Waals surface area contributed by atoms with E-state index in [1.807, 2.05) is 6.07 Å². The molecule has 4 heteroatoms. The summed E-state index contributed by atoms with van der Waals surface area (Å²) in [5.74, 6) is 2.25. The maximum atomic E-state index is 6.06. The molecule has 1 aliphatic carbocycles. The van der Waals surface area contributed by atoms with Gasteiger partial charge in [-0.25, -0.2) is 4.98 Å². The van der Waals surface area contributed by atoms with Crippen molar-refractivity contribution in [3.63, 3.8) is 0 Å². The van der Waals surface area contributed by atoms with Crippen molar-refractivity contribution in [2.75, 3.05) is 0 Å². The first kappa shape index (κ1) is 12.5. The number of alkyl halides is 1. The minimum absolute atomic E-state index is 0.476. The van der Waals surface area contributed by atoms with Crippen LogP contribution in [0.5, 0.6) is 0 Å². The molecule has 0 saturated heterocycles. The van der Waals surface area contributed by atoms with Crippen LogP contribution < -0.4 is 0 Å². The topological polar surface area (TPSA) is 17.8 Å². The Kier molecular flexibility index (Phi) is 3.37. The summed E-state index contributed by atoms with van der Waals surface area (Å²) in [5, 5.41) is 0. The number of imidazole rings is 1. The number of fused-ring (bicyclic) bond motifs is 1. The zero-order chi connectivity index (χ0) is 12.7. The minimum atomic E-state index is 0.476. The molecule has 0 N–H and O–H groups in total. The zero-order valence-corrected chi connectivity index (χ0v) is 12.7. The van der Waals surface area contributed by atoms with Crippen LogP contribution in [0, 0.1) is 5.92 Å². The Morgan fingerprint density at radius 1 is 1.50 bits per heavy atom. The summed E-state index contributed by atoms with van der Waals surface area (Å²) in [7, 11) is 0. The lowest BCUT2D eigenvalue weighted by atomic mass is 9.80. The summed E-state index contributed by atoms with van der Waals surface area (Å²) in [6.45, 7) is 2.29. The smallest absolute Gasteiger partial charge is 0.125 e. The first-order valence-corrected chi connectivity index (χ1v) is 7.76. The van der Waals surface area contributed by atoms with Crippen molar-refractivity contribution in [1.82, 2.24) is 9.55 Å². The molecule has 1 aromatic carbocycles. The van der Waals surface area contributed by atoms with Crippen molar-refractivity contribution < 1.29 is 0 Å². The van der Waals surface area contributed by atoms with Crippen LogP contribution in [0.15, 0.2) is 22.7 Å². The quantitative estimate of drug-likeness (QED) is 0.733. The Balaban J connectivity index is 2.14. The molecule has 1 aliphatic rings. The highest BCUT2D eigenvalue weighted by Gasteiger charge is 2.27. The molecule has 1 heterocycles. The van der Waals surface area contributed by atoms with E-state index >= 15 is 0 Å². The van der Waals surface area contributed by atoms with Crippen LogP contribution in [-0.2, 0) is 5.88 Å². The molecule has 2 nitrogen and oxygen atoms in total. The molecule has 1 fully saturated rings. The summed E-state index contributed by atoms with van der Waals surface area (Å²) >= 11 is 9.60. The maximum Gasteiger partial charge on any atom is 0.125 e. The molecule has 1 aromatic heterocycles. The molecule has 0 amide bonds. The van der Waals surface area contributed by atoms with Crippen molar-refractivity contribution in [3.8, 4) is 0 Å². The highest BCUT2D eigenvalue weighted by atomic mass is 79.9. The average Bonchev–Trinajstić information content (AvgIpc) is 2.64. The number of rotatable bonds is 3. The first-order valence-electron chi connectivity index (χ1n) is 6.43. The van der Waals surface area contributed by atoms with Crippen molar-refractivity contribution in [2.24, 2.45) is 5.92 Å². The van der Waals surface area contributed by atoms with Crippen LogP contribution in [0.2, 0.25) is 0 Å². The van der Waals surface area contributed by atoms with Crippen molar-refractivity contribution in [2.45, 2.75) is 38.1 Å². The van der Waals surface area contributed by atoms with E-state index in [4.69, 9.17) is 11.6 Å². The molecule has 1 saturated carbocycles. The monoisotopic (exact) mass is 326 g/mol. The fourth-order valence-corrected chi connectivity index (χ4v) is 3.34. The second-order valence-corrected chi connectivity index (χ2v) is 6.28. The van der Waals surface area contributed by atoms with Crippen LogP contribution in [0.3, 0.4) is 0 Å². The standard InChI is InChI=1S/C14H16BrClN2/c1-9(10-3-2-4-10)18-13-7-11(15)5-6-12(13)17-14(18)8-16/h5-7,9-10H,2-4,8H2,1H3. The van der Waals surface area contributed by atoms with Gasteiger partial charge in [-0.05, 0) is 43.9 Å². The van der Waals surface area contributed by atoms with Crippen LogP contribution in [0.4, 0.5) is 0 Å². The lowest BCUT2D eigenvalue weighted by molar-refractivity contribution is 0.223. The lowest BCUT2D eigenvalue weighted by Gasteiger charge is -2.33. The molecular weight excluding hydrogens is 312 g/mol. The van der Waals surface area contributed by atoms with Gasteiger partial charge in [-0.1, -0.05) is 22.4 Å². The summed E-state index contributed by atoms with van der Waals surface area (Å²) in [6, 6.07) is 6.73. The number of hydrogen-bond acceptors (Lipinski definition) is 1. The van der Waals surface area contributed by atoms with Gasteiger partial charge in [0.25, 0.3) is 0 Å². The number of benzene rings is 1. The predicted molar refractivity (Wildman–Crippen MR) is 79.0 cm³/mol. The van der Waals surface area contributed by atoms with Gasteiger partial charge in [0.2, 0.25) is 0 Å². The fourth-order valence-electron chi connectivity index (χ4n) is 2.80. The molecule has 0 spiro atoms. The van der Waals surface area contributed by atoms with Gasteiger partial charge < -0.3 is 4.57 Å². The molecule has 0 radical (unpaired) electrons. The van der Waals surface area contributed by atoms with E-state index in [1.165, 1.54) is 24.8 Å². The number of nitrogens with zero attached hydrogens (tertiary/aromatic N) is 2. The molecule has 18 heavy (non-hydrogen) atoms. The SMILES string of the molecule is CC(C1CCC1)n1c(CCl)nc2ccc(Br)cc21. The zero-order valence-electron chi connectivity index (χ0n) is 10.4. The van der Waals surface area contributed by atoms with E-state index in [2.05, 4.69) is 44.5 Å². The molecule has 0 aliphatic heterocycles. The molecule has 0 bridgehead atoms. The van der Waals surface area contributed by atoms with Gasteiger partial charge in [-0.3, -0.25) is 0 Å². The highest BCUT2D eigenvalue weighted by Crippen LogP contribution is 2.38. The van der Waals surface area contributed by atoms with E-state index in [0.29, 0.717) is 11.9 Å². The Morgan fingerprint density at radius 3 is 2.89 bits per heavy atom. The van der Waals surface area contributed by atoms with E-state index in [-0.39, 0.29) is 0 Å². The van der Waals surface area contributed by atoms with Gasteiger partial charge >= 0.3 is 0 Å². The van der Waals surface area contributed by atoms with Crippen LogP contribution >= 0.6 is 27.5 Å². The van der Waals surface area contributed by atoms with Gasteiger partial charge in [-0.15, -0.1) is 11.6 Å². The largest absolute Gasteiger partial charge is 0.324 e. The van der Waals surface area contributed by atoms with Gasteiger partial charge in [0.15, 0.2) is 0 Å². The van der Waals surface area contributed by atoms with E-state index in [1.54, 1.807) is 0 Å². The summed E-state index contributed by atoms with van der Waals surface area (Å²) in [6.07, 6.45) is 4.02. The van der Waals surface area contributed by atoms with E-state index in [0.717, 1.165) is 21.7 Å². The van der Waals surface area contributed by atoms with Crippen molar-refractivity contribution >= 4 is 38.6 Å². The van der Waals surface area contributed by atoms with E-state index < -0.39 is 0 Å². The van der Waals surface area contributed by atoms with Gasteiger partial charge in [0, 0.05) is 10.5 Å². The second-order valence-electron chi connectivity index (χ2n) is 5.10. The number of hydrogen-bond donors (Lipinski definition) is 0. The normalized spacial score (nSPS) is 17.9. The van der Waals surface area contributed by atoms with E-state index in [9.17, 15) is 0 Å². The second kappa shape index (κ2) is 4.86. The lowest BCUT2D eigenvalue weighted by Crippen LogP contribution is -2.24. The van der Waals surface area contributed by atoms with Crippen LogP contribution in [0.1, 0.15) is 38.1 Å². The molecule has 96 valence electrons.